The number of fused-ring (bicyclic) bond motifs is 6. The van der Waals surface area contributed by atoms with Crippen molar-refractivity contribution in [2.45, 2.75) is 95.7 Å². The third-order valence-electron chi connectivity index (χ3n) is 14.2. The highest BCUT2D eigenvalue weighted by molar-refractivity contribution is 5.90. The van der Waals surface area contributed by atoms with E-state index in [2.05, 4.69) is 93.3 Å². The zero-order valence-corrected chi connectivity index (χ0v) is 31.2. The minimum atomic E-state index is -1.75. The number of methoxy groups -OCH3 is 1. The maximum Gasteiger partial charge on any atom is 0.185 e. The Hall–Kier alpha value is -2.87. The Bertz CT molecular complexity index is 1790. The summed E-state index contributed by atoms with van der Waals surface area (Å²) >= 11 is 0. The zero-order valence-electron chi connectivity index (χ0n) is 31.2. The van der Waals surface area contributed by atoms with Crippen LogP contribution in [0.2, 0.25) is 0 Å². The average molecular weight is 694 g/mol. The van der Waals surface area contributed by atoms with E-state index in [4.69, 9.17) is 4.74 Å². The summed E-state index contributed by atoms with van der Waals surface area (Å²) in [5, 5.41) is 40.2. The van der Waals surface area contributed by atoms with Crippen LogP contribution in [0.3, 0.4) is 0 Å². The molecule has 8 atom stereocenters. The maximum absolute atomic E-state index is 14.9. The molecule has 7 rings (SSSR count). The minimum absolute atomic E-state index is 0.0260. The first-order valence-corrected chi connectivity index (χ1v) is 19.5. The number of aryl methyl sites for hydroxylation is 1. The van der Waals surface area contributed by atoms with Gasteiger partial charge in [0, 0.05) is 42.8 Å². The van der Waals surface area contributed by atoms with Gasteiger partial charge in [0.1, 0.15) is 5.78 Å². The molecule has 8 unspecified atom stereocenters. The Morgan fingerprint density at radius 1 is 0.980 bits per heavy atom. The van der Waals surface area contributed by atoms with E-state index < -0.39 is 22.5 Å². The molecule has 3 saturated carbocycles. The van der Waals surface area contributed by atoms with Crippen LogP contribution in [-0.4, -0.2) is 60.3 Å². The SMILES string of the molecule is C=C1C2C(CO)CC3(C(=O)CCc4cccc(c4)C4(CCC(CNCCCC(C)C)C4)C(CO)c4ccc5ccc(cc5c4)CC13C)C2(O)OC. The molecule has 0 saturated heterocycles. The van der Waals surface area contributed by atoms with E-state index >= 15 is 0 Å². The van der Waals surface area contributed by atoms with E-state index in [1.807, 2.05) is 0 Å². The van der Waals surface area contributed by atoms with E-state index in [1.165, 1.54) is 25.5 Å². The van der Waals surface area contributed by atoms with Crippen molar-refractivity contribution in [3.63, 3.8) is 0 Å². The van der Waals surface area contributed by atoms with Crippen LogP contribution in [0.25, 0.3) is 10.8 Å². The lowest BCUT2D eigenvalue weighted by Crippen LogP contribution is -2.56. The van der Waals surface area contributed by atoms with Crippen LogP contribution in [-0.2, 0) is 27.8 Å². The Morgan fingerprint density at radius 2 is 1.78 bits per heavy atom. The first-order chi connectivity index (χ1) is 24.5. The largest absolute Gasteiger partial charge is 0.396 e. The van der Waals surface area contributed by atoms with Crippen LogP contribution < -0.4 is 5.32 Å². The van der Waals surface area contributed by atoms with Gasteiger partial charge < -0.3 is 25.4 Å². The van der Waals surface area contributed by atoms with E-state index in [-0.39, 0.29) is 42.7 Å². The molecule has 6 nitrogen and oxygen atoms in total. The van der Waals surface area contributed by atoms with Gasteiger partial charge in [-0.05, 0) is 115 Å². The normalized spacial score (nSPS) is 34.8. The Morgan fingerprint density at radius 3 is 2.53 bits per heavy atom. The van der Waals surface area contributed by atoms with Crippen molar-refractivity contribution in [3.8, 4) is 0 Å². The predicted molar refractivity (Wildman–Crippen MR) is 204 cm³/mol. The molecule has 0 aliphatic heterocycles. The zero-order chi connectivity index (χ0) is 36.2. The van der Waals surface area contributed by atoms with Gasteiger partial charge in [0.05, 0.1) is 12.0 Å². The van der Waals surface area contributed by atoms with Gasteiger partial charge >= 0.3 is 0 Å². The van der Waals surface area contributed by atoms with Gasteiger partial charge in [-0.15, -0.1) is 0 Å². The second-order valence-corrected chi connectivity index (χ2v) is 17.3. The quantitative estimate of drug-likeness (QED) is 0.107. The smallest absolute Gasteiger partial charge is 0.185 e. The number of ether oxygens (including phenoxy) is 1. The second-order valence-electron chi connectivity index (χ2n) is 17.3. The van der Waals surface area contributed by atoms with Gasteiger partial charge in [0.25, 0.3) is 0 Å². The van der Waals surface area contributed by atoms with E-state index in [0.717, 1.165) is 65.4 Å². The number of Topliss-reactive ketones (excluding diaryl/α,β-unsaturated/α-hetero) is 1. The number of benzene rings is 3. The summed E-state index contributed by atoms with van der Waals surface area (Å²) in [5.41, 5.74) is 3.06. The lowest BCUT2D eigenvalue weighted by Gasteiger charge is -2.48. The van der Waals surface area contributed by atoms with Crippen molar-refractivity contribution in [2.75, 3.05) is 33.4 Å². The monoisotopic (exact) mass is 693 g/mol. The molecule has 3 aromatic rings. The van der Waals surface area contributed by atoms with E-state index in [1.54, 1.807) is 0 Å². The number of rotatable bonds is 9. The highest BCUT2D eigenvalue weighted by Gasteiger charge is 2.80. The standard InChI is InChI=1S/C45H59NO5/c1-29(2)8-7-19-46-26-33-17-18-43(24-33)38-10-6-9-31(21-38)12-16-40(49)44-25-37(27-47)41(45(44,50)51-5)30(3)42(44,4)23-32-11-13-34-14-15-35(39(43)28-48)22-36(34)20-32/h6,9-11,13-15,20-22,29,33,37,39,41,46-48,50H,3,7-8,12,16-19,23-28H2,1-2,4-5H3. The molecule has 0 heterocycles. The van der Waals surface area contributed by atoms with Crippen molar-refractivity contribution >= 4 is 16.6 Å². The predicted octanol–water partition coefficient (Wildman–Crippen LogP) is 7.26. The summed E-state index contributed by atoms with van der Waals surface area (Å²) in [6.45, 7) is 13.1. The molecule has 2 spiro atoms. The van der Waals surface area contributed by atoms with Gasteiger partial charge in [-0.3, -0.25) is 4.79 Å². The van der Waals surface area contributed by atoms with Gasteiger partial charge in [0.2, 0.25) is 0 Å². The molecule has 3 fully saturated rings. The minimum Gasteiger partial charge on any atom is -0.396 e. The number of ketones is 1. The summed E-state index contributed by atoms with van der Waals surface area (Å²) in [6.07, 6.45) is 7.17. The van der Waals surface area contributed by atoms with Crippen molar-refractivity contribution in [2.24, 2.45) is 34.5 Å². The number of aliphatic hydroxyl groups excluding tert-OH is 2. The molecule has 0 aromatic heterocycles. The fourth-order valence-corrected chi connectivity index (χ4v) is 11.6. The summed E-state index contributed by atoms with van der Waals surface area (Å²) in [7, 11) is 1.49. The number of hydrogen-bond donors (Lipinski definition) is 4. The van der Waals surface area contributed by atoms with Crippen LogP contribution >= 0.6 is 0 Å². The fourth-order valence-electron chi connectivity index (χ4n) is 11.6. The van der Waals surface area contributed by atoms with Crippen LogP contribution in [0, 0.1) is 34.5 Å². The molecule has 51 heavy (non-hydrogen) atoms. The van der Waals surface area contributed by atoms with E-state index in [0.29, 0.717) is 31.1 Å². The lowest BCUT2D eigenvalue weighted by atomic mass is 9.55. The summed E-state index contributed by atoms with van der Waals surface area (Å²) in [6, 6.07) is 22.0. The Kier molecular flexibility index (Phi) is 9.90. The topological polar surface area (TPSA) is 99.0 Å². The van der Waals surface area contributed by atoms with Crippen molar-refractivity contribution in [3.05, 3.63) is 95.1 Å². The first-order valence-electron chi connectivity index (χ1n) is 19.5. The molecule has 4 aliphatic carbocycles. The van der Waals surface area contributed by atoms with Gasteiger partial charge in [-0.1, -0.05) is 93.6 Å². The van der Waals surface area contributed by atoms with Crippen molar-refractivity contribution in [1.82, 2.24) is 5.32 Å². The summed E-state index contributed by atoms with van der Waals surface area (Å²) in [5.74, 6) is -1.46. The van der Waals surface area contributed by atoms with Crippen LogP contribution in [0.5, 0.6) is 0 Å². The molecule has 4 N–H and O–H groups in total. The van der Waals surface area contributed by atoms with Crippen LogP contribution in [0.1, 0.15) is 93.9 Å². The summed E-state index contributed by atoms with van der Waals surface area (Å²) < 4.78 is 6.00. The molecule has 0 amide bonds. The van der Waals surface area contributed by atoms with E-state index in [9.17, 15) is 20.1 Å². The number of hydrogen-bond acceptors (Lipinski definition) is 6. The average Bonchev–Trinajstić information content (AvgIpc) is 3.71. The molecular weight excluding hydrogens is 634 g/mol. The third-order valence-corrected chi connectivity index (χ3v) is 14.2. The van der Waals surface area contributed by atoms with Crippen molar-refractivity contribution < 1.29 is 24.9 Å². The Labute approximate surface area is 304 Å². The first kappa shape index (κ1) is 36.5. The molecule has 7 bridgehead atoms. The highest BCUT2D eigenvalue weighted by atomic mass is 16.6. The molecule has 4 aliphatic rings. The lowest BCUT2D eigenvalue weighted by molar-refractivity contribution is -0.254. The second kappa shape index (κ2) is 13.8. The maximum atomic E-state index is 14.9. The molecule has 6 heteroatoms. The van der Waals surface area contributed by atoms with Gasteiger partial charge in [0.15, 0.2) is 5.79 Å². The Balaban J connectivity index is 1.33. The molecular formula is C45H59NO5. The molecule has 3 aromatic carbocycles. The summed E-state index contributed by atoms with van der Waals surface area (Å²) in [4.78, 5) is 14.9. The van der Waals surface area contributed by atoms with Crippen molar-refractivity contribution in [1.29, 1.82) is 0 Å². The molecule has 0 radical (unpaired) electrons. The number of carbonyl (C=O) groups is 1. The number of carbonyl (C=O) groups excluding carboxylic acids is 1. The number of nitrogens with one attached hydrogen (secondary N) is 1. The highest BCUT2D eigenvalue weighted by Crippen LogP contribution is 2.74. The third kappa shape index (κ3) is 5.67. The van der Waals surface area contributed by atoms with Gasteiger partial charge in [-0.25, -0.2) is 0 Å². The molecule has 274 valence electrons. The van der Waals surface area contributed by atoms with Crippen LogP contribution in [0.4, 0.5) is 0 Å². The fraction of sp³-hybridized carbons (Fsp3) is 0.578. The van der Waals surface area contributed by atoms with Crippen LogP contribution in [0.15, 0.2) is 72.8 Å². The number of aliphatic hydroxyl groups is 3. The van der Waals surface area contributed by atoms with Gasteiger partial charge in [-0.2, -0.15) is 0 Å².